The van der Waals surface area contributed by atoms with Crippen LogP contribution in [0.3, 0.4) is 0 Å². The van der Waals surface area contributed by atoms with Gasteiger partial charge in [-0.1, -0.05) is 54.1 Å². The first kappa shape index (κ1) is 12.2. The maximum atomic E-state index is 5.91. The van der Waals surface area contributed by atoms with Gasteiger partial charge in [-0.05, 0) is 30.2 Å². The fourth-order valence-electron chi connectivity index (χ4n) is 1.93. The second-order valence-electron chi connectivity index (χ2n) is 4.11. The third-order valence-corrected chi connectivity index (χ3v) is 3.38. The molecule has 0 saturated heterocycles. The standard InChI is InChI=1S/C15H15ClO/c1-15(17-2,12-6-4-3-5-7-12)13-8-10-14(16)11-9-13/h3-11H,1-2H3. The monoisotopic (exact) mass is 246 g/mol. The summed E-state index contributed by atoms with van der Waals surface area (Å²) >= 11 is 5.91. The molecule has 0 amide bonds. The Hall–Kier alpha value is -1.31. The van der Waals surface area contributed by atoms with Gasteiger partial charge < -0.3 is 4.74 Å². The molecule has 17 heavy (non-hydrogen) atoms. The van der Waals surface area contributed by atoms with Crippen molar-refractivity contribution in [2.75, 3.05) is 7.11 Å². The van der Waals surface area contributed by atoms with Crippen molar-refractivity contribution in [2.45, 2.75) is 12.5 Å². The van der Waals surface area contributed by atoms with Crippen LogP contribution < -0.4 is 0 Å². The van der Waals surface area contributed by atoms with Crippen LogP contribution >= 0.6 is 11.6 Å². The summed E-state index contributed by atoms with van der Waals surface area (Å²) < 4.78 is 5.71. The molecule has 1 unspecified atom stereocenters. The number of methoxy groups -OCH3 is 1. The summed E-state index contributed by atoms with van der Waals surface area (Å²) in [5, 5.41) is 0.736. The van der Waals surface area contributed by atoms with Gasteiger partial charge in [0.05, 0.1) is 0 Å². The first-order valence-electron chi connectivity index (χ1n) is 5.53. The van der Waals surface area contributed by atoms with E-state index in [4.69, 9.17) is 16.3 Å². The number of ether oxygens (including phenoxy) is 1. The molecule has 0 aromatic heterocycles. The Morgan fingerprint density at radius 2 is 1.41 bits per heavy atom. The lowest BCUT2D eigenvalue weighted by Gasteiger charge is -2.29. The zero-order valence-electron chi connectivity index (χ0n) is 9.98. The number of hydrogen-bond donors (Lipinski definition) is 0. The molecule has 2 aromatic carbocycles. The molecule has 2 heteroatoms. The molecule has 0 saturated carbocycles. The second-order valence-corrected chi connectivity index (χ2v) is 4.55. The van der Waals surface area contributed by atoms with Gasteiger partial charge in [0.25, 0.3) is 0 Å². The van der Waals surface area contributed by atoms with Crippen LogP contribution in [0.15, 0.2) is 54.6 Å². The lowest BCUT2D eigenvalue weighted by molar-refractivity contribution is 0.0391. The lowest BCUT2D eigenvalue weighted by Crippen LogP contribution is -2.25. The molecule has 1 atom stereocenters. The van der Waals surface area contributed by atoms with Crippen molar-refractivity contribution in [3.63, 3.8) is 0 Å². The van der Waals surface area contributed by atoms with Crippen molar-refractivity contribution >= 4 is 11.6 Å². The molecule has 0 radical (unpaired) electrons. The molecular weight excluding hydrogens is 232 g/mol. The SMILES string of the molecule is COC(C)(c1ccccc1)c1ccc(Cl)cc1. The van der Waals surface area contributed by atoms with Gasteiger partial charge in [0.1, 0.15) is 5.60 Å². The fraction of sp³-hybridized carbons (Fsp3) is 0.200. The number of benzene rings is 2. The van der Waals surface area contributed by atoms with Crippen molar-refractivity contribution in [3.05, 3.63) is 70.7 Å². The predicted octanol–water partition coefficient (Wildman–Crippen LogP) is 4.25. The summed E-state index contributed by atoms with van der Waals surface area (Å²) in [4.78, 5) is 0. The smallest absolute Gasteiger partial charge is 0.115 e. The van der Waals surface area contributed by atoms with Crippen molar-refractivity contribution in [3.8, 4) is 0 Å². The van der Waals surface area contributed by atoms with Gasteiger partial charge in [-0.3, -0.25) is 0 Å². The van der Waals surface area contributed by atoms with E-state index >= 15 is 0 Å². The Bertz CT molecular complexity index is 478. The largest absolute Gasteiger partial charge is 0.369 e. The molecule has 88 valence electrons. The van der Waals surface area contributed by atoms with Crippen LogP contribution in [-0.2, 0) is 10.3 Å². The highest BCUT2D eigenvalue weighted by Crippen LogP contribution is 2.32. The van der Waals surface area contributed by atoms with Crippen LogP contribution in [0.25, 0.3) is 0 Å². The number of hydrogen-bond acceptors (Lipinski definition) is 1. The zero-order chi connectivity index (χ0) is 12.3. The Kier molecular flexibility index (Phi) is 3.51. The van der Waals surface area contributed by atoms with E-state index in [1.54, 1.807) is 7.11 Å². The van der Waals surface area contributed by atoms with Crippen LogP contribution in [0.2, 0.25) is 5.02 Å². The lowest BCUT2D eigenvalue weighted by atomic mass is 9.88. The topological polar surface area (TPSA) is 9.23 Å². The Morgan fingerprint density at radius 1 is 0.882 bits per heavy atom. The molecule has 0 spiro atoms. The van der Waals surface area contributed by atoms with Crippen molar-refractivity contribution < 1.29 is 4.74 Å². The predicted molar refractivity (Wildman–Crippen MR) is 71.4 cm³/mol. The summed E-state index contributed by atoms with van der Waals surface area (Å²) in [6, 6.07) is 17.9. The summed E-state index contributed by atoms with van der Waals surface area (Å²) in [7, 11) is 1.72. The summed E-state index contributed by atoms with van der Waals surface area (Å²) in [6.45, 7) is 2.06. The minimum atomic E-state index is -0.439. The molecular formula is C15H15ClO. The summed E-state index contributed by atoms with van der Waals surface area (Å²) in [5.74, 6) is 0. The molecule has 1 nitrogen and oxygen atoms in total. The minimum absolute atomic E-state index is 0.439. The number of rotatable bonds is 3. The summed E-state index contributed by atoms with van der Waals surface area (Å²) in [6.07, 6.45) is 0. The third kappa shape index (κ3) is 2.36. The number of halogens is 1. The van der Waals surface area contributed by atoms with E-state index < -0.39 is 5.60 Å². The molecule has 0 aliphatic carbocycles. The molecule has 0 aliphatic rings. The Labute approximate surface area is 107 Å². The highest BCUT2D eigenvalue weighted by Gasteiger charge is 2.28. The normalized spacial score (nSPS) is 14.3. The quantitative estimate of drug-likeness (QED) is 0.787. The first-order valence-corrected chi connectivity index (χ1v) is 5.91. The maximum Gasteiger partial charge on any atom is 0.115 e. The van der Waals surface area contributed by atoms with Gasteiger partial charge in [-0.2, -0.15) is 0 Å². The van der Waals surface area contributed by atoms with E-state index in [0.29, 0.717) is 0 Å². The molecule has 0 heterocycles. The highest BCUT2D eigenvalue weighted by atomic mass is 35.5. The molecule has 0 N–H and O–H groups in total. The van der Waals surface area contributed by atoms with Crippen molar-refractivity contribution in [1.29, 1.82) is 0 Å². The average Bonchev–Trinajstić information content (AvgIpc) is 2.40. The first-order chi connectivity index (χ1) is 8.16. The zero-order valence-corrected chi connectivity index (χ0v) is 10.7. The van der Waals surface area contributed by atoms with Gasteiger partial charge in [0.15, 0.2) is 0 Å². The van der Waals surface area contributed by atoms with Crippen molar-refractivity contribution in [1.82, 2.24) is 0 Å². The molecule has 2 rings (SSSR count). The average molecular weight is 247 g/mol. The van der Waals surface area contributed by atoms with Gasteiger partial charge in [-0.25, -0.2) is 0 Å². The van der Waals surface area contributed by atoms with Crippen LogP contribution in [0.1, 0.15) is 18.1 Å². The van der Waals surface area contributed by atoms with E-state index in [1.807, 2.05) is 42.5 Å². The van der Waals surface area contributed by atoms with Gasteiger partial charge in [-0.15, -0.1) is 0 Å². The highest BCUT2D eigenvalue weighted by molar-refractivity contribution is 6.30. The van der Waals surface area contributed by atoms with Gasteiger partial charge >= 0.3 is 0 Å². The molecule has 0 fully saturated rings. The van der Waals surface area contributed by atoms with Crippen LogP contribution in [0.5, 0.6) is 0 Å². The van der Waals surface area contributed by atoms with E-state index in [2.05, 4.69) is 19.1 Å². The van der Waals surface area contributed by atoms with Crippen LogP contribution in [0.4, 0.5) is 0 Å². The van der Waals surface area contributed by atoms with E-state index in [-0.39, 0.29) is 0 Å². The van der Waals surface area contributed by atoms with Gasteiger partial charge in [0.2, 0.25) is 0 Å². The minimum Gasteiger partial charge on any atom is -0.369 e. The third-order valence-electron chi connectivity index (χ3n) is 3.13. The van der Waals surface area contributed by atoms with Crippen molar-refractivity contribution in [2.24, 2.45) is 0 Å². The second kappa shape index (κ2) is 4.91. The summed E-state index contributed by atoms with van der Waals surface area (Å²) in [5.41, 5.74) is 1.78. The Morgan fingerprint density at radius 3 is 1.94 bits per heavy atom. The maximum absolute atomic E-state index is 5.91. The van der Waals surface area contributed by atoms with Gasteiger partial charge in [0, 0.05) is 12.1 Å². The van der Waals surface area contributed by atoms with Crippen LogP contribution in [0, 0.1) is 0 Å². The molecule has 0 bridgehead atoms. The van der Waals surface area contributed by atoms with E-state index in [1.165, 1.54) is 0 Å². The molecule has 0 aliphatic heterocycles. The molecule has 2 aromatic rings. The van der Waals surface area contributed by atoms with Crippen LogP contribution in [-0.4, -0.2) is 7.11 Å². The Balaban J connectivity index is 2.48. The fourth-order valence-corrected chi connectivity index (χ4v) is 2.05. The van der Waals surface area contributed by atoms with E-state index in [0.717, 1.165) is 16.1 Å². The van der Waals surface area contributed by atoms with E-state index in [9.17, 15) is 0 Å².